The summed E-state index contributed by atoms with van der Waals surface area (Å²) in [7, 11) is 0. The Kier molecular flexibility index (Phi) is 2.40. The normalized spacial score (nSPS) is 18.1. The number of hydrogen-bond donors (Lipinski definition) is 1. The number of Topliss-reactive ketones (excluding diaryl/α,β-unsaturated/α-hetero) is 1. The van der Waals surface area contributed by atoms with E-state index in [-0.39, 0.29) is 12.0 Å². The molecule has 0 bridgehead atoms. The van der Waals surface area contributed by atoms with Crippen LogP contribution >= 0.6 is 0 Å². The molecule has 1 N–H and O–H groups in total. The summed E-state index contributed by atoms with van der Waals surface area (Å²) in [5.74, 6) is -1.73. The van der Waals surface area contributed by atoms with Gasteiger partial charge in [0.05, 0.1) is 0 Å². The average molecular weight is 179 g/mol. The van der Waals surface area contributed by atoms with Crippen LogP contribution < -0.4 is 5.32 Å². The zero-order valence-electron chi connectivity index (χ0n) is 6.24. The van der Waals surface area contributed by atoms with E-state index in [4.69, 9.17) is 0 Å². The highest BCUT2D eigenvalue weighted by Crippen LogP contribution is 2.23. The second kappa shape index (κ2) is 3.16. The molecule has 2 nitrogen and oxygen atoms in total. The standard InChI is InChI=1S/C7H8F3NO/c8-7(9,10)6(12)5-2-1-3-11-4-5/h4,11H,1-3H2. The molecule has 0 aromatic heterocycles. The van der Waals surface area contributed by atoms with Crippen LogP contribution in [0.25, 0.3) is 0 Å². The van der Waals surface area contributed by atoms with Crippen LogP contribution in [-0.2, 0) is 4.79 Å². The van der Waals surface area contributed by atoms with Crippen molar-refractivity contribution >= 4 is 5.78 Å². The Balaban J connectivity index is 2.70. The van der Waals surface area contributed by atoms with Gasteiger partial charge in [-0.25, -0.2) is 0 Å². The topological polar surface area (TPSA) is 29.1 Å². The predicted molar refractivity (Wildman–Crippen MR) is 36.4 cm³/mol. The molecule has 1 aliphatic heterocycles. The lowest BCUT2D eigenvalue weighted by Crippen LogP contribution is -2.28. The number of alkyl halides is 3. The van der Waals surface area contributed by atoms with Gasteiger partial charge in [0.1, 0.15) is 0 Å². The molecular weight excluding hydrogens is 171 g/mol. The van der Waals surface area contributed by atoms with E-state index in [1.807, 2.05) is 0 Å². The number of ketones is 1. The molecule has 0 aromatic rings. The van der Waals surface area contributed by atoms with Crippen LogP contribution in [0.4, 0.5) is 13.2 Å². The lowest BCUT2D eigenvalue weighted by atomic mass is 10.0. The highest BCUT2D eigenvalue weighted by Gasteiger charge is 2.40. The van der Waals surface area contributed by atoms with Crippen molar-refractivity contribution in [2.24, 2.45) is 0 Å². The summed E-state index contributed by atoms with van der Waals surface area (Å²) in [4.78, 5) is 10.6. The number of rotatable bonds is 1. The third-order valence-corrected chi connectivity index (χ3v) is 1.59. The van der Waals surface area contributed by atoms with Crippen molar-refractivity contribution in [2.75, 3.05) is 6.54 Å². The molecule has 0 atom stereocenters. The van der Waals surface area contributed by atoms with E-state index in [1.54, 1.807) is 0 Å². The van der Waals surface area contributed by atoms with E-state index in [1.165, 1.54) is 0 Å². The van der Waals surface area contributed by atoms with E-state index in [0.717, 1.165) is 6.20 Å². The summed E-state index contributed by atoms with van der Waals surface area (Å²) in [6.07, 6.45) is -2.79. The van der Waals surface area contributed by atoms with Crippen molar-refractivity contribution in [3.8, 4) is 0 Å². The monoisotopic (exact) mass is 179 g/mol. The largest absolute Gasteiger partial charge is 0.454 e. The lowest BCUT2D eigenvalue weighted by molar-refractivity contribution is -0.166. The van der Waals surface area contributed by atoms with Crippen LogP contribution in [0.3, 0.4) is 0 Å². The maximum absolute atomic E-state index is 11.8. The van der Waals surface area contributed by atoms with Crippen LogP contribution in [0.5, 0.6) is 0 Å². The van der Waals surface area contributed by atoms with Crippen LogP contribution in [0.15, 0.2) is 11.8 Å². The van der Waals surface area contributed by atoms with Gasteiger partial charge in [0.25, 0.3) is 5.78 Å². The van der Waals surface area contributed by atoms with Crippen molar-refractivity contribution in [3.05, 3.63) is 11.8 Å². The zero-order valence-corrected chi connectivity index (χ0v) is 6.24. The van der Waals surface area contributed by atoms with Crippen molar-refractivity contribution in [1.82, 2.24) is 5.32 Å². The van der Waals surface area contributed by atoms with Crippen molar-refractivity contribution in [3.63, 3.8) is 0 Å². The fourth-order valence-corrected chi connectivity index (χ4v) is 1.01. The first kappa shape index (κ1) is 9.09. The molecule has 1 aliphatic rings. The molecule has 0 radical (unpaired) electrons. The highest BCUT2D eigenvalue weighted by molar-refractivity contribution is 5.99. The summed E-state index contributed by atoms with van der Waals surface area (Å²) in [5.41, 5.74) is -0.172. The highest BCUT2D eigenvalue weighted by atomic mass is 19.4. The van der Waals surface area contributed by atoms with Crippen molar-refractivity contribution < 1.29 is 18.0 Å². The minimum atomic E-state index is -4.73. The molecule has 0 saturated carbocycles. The van der Waals surface area contributed by atoms with E-state index in [0.29, 0.717) is 13.0 Å². The molecule has 1 rings (SSSR count). The van der Waals surface area contributed by atoms with Gasteiger partial charge in [-0.3, -0.25) is 4.79 Å². The molecule has 0 fully saturated rings. The number of nitrogens with one attached hydrogen (secondary N) is 1. The summed E-state index contributed by atoms with van der Waals surface area (Å²) in [5, 5.41) is 2.60. The van der Waals surface area contributed by atoms with Gasteiger partial charge in [0.15, 0.2) is 0 Å². The molecule has 0 unspecified atom stereocenters. The van der Waals surface area contributed by atoms with Gasteiger partial charge in [-0.1, -0.05) is 0 Å². The number of halogens is 3. The Morgan fingerprint density at radius 1 is 1.50 bits per heavy atom. The third-order valence-electron chi connectivity index (χ3n) is 1.59. The smallest absolute Gasteiger partial charge is 0.391 e. The van der Waals surface area contributed by atoms with Gasteiger partial charge < -0.3 is 5.32 Å². The first-order valence-corrected chi connectivity index (χ1v) is 3.56. The van der Waals surface area contributed by atoms with E-state index < -0.39 is 12.0 Å². The fourth-order valence-electron chi connectivity index (χ4n) is 1.01. The van der Waals surface area contributed by atoms with Crippen LogP contribution in [0.2, 0.25) is 0 Å². The van der Waals surface area contributed by atoms with Gasteiger partial charge in [-0.15, -0.1) is 0 Å². The van der Waals surface area contributed by atoms with Crippen LogP contribution in [-0.4, -0.2) is 18.5 Å². The summed E-state index contributed by atoms with van der Waals surface area (Å²) >= 11 is 0. The molecule has 0 saturated heterocycles. The average Bonchev–Trinajstić information content (AvgIpc) is 2.03. The molecule has 0 aliphatic carbocycles. The summed E-state index contributed by atoms with van der Waals surface area (Å²) in [6, 6.07) is 0. The maximum Gasteiger partial charge on any atom is 0.454 e. The number of carbonyl (C=O) groups excluding carboxylic acids is 1. The van der Waals surface area contributed by atoms with Gasteiger partial charge in [0.2, 0.25) is 0 Å². The Morgan fingerprint density at radius 2 is 2.17 bits per heavy atom. The molecule has 1 heterocycles. The number of allylic oxidation sites excluding steroid dienone is 1. The Hall–Kier alpha value is -1.00. The minimum Gasteiger partial charge on any atom is -0.391 e. The van der Waals surface area contributed by atoms with Gasteiger partial charge in [-0.05, 0) is 12.8 Å². The van der Waals surface area contributed by atoms with E-state index in [2.05, 4.69) is 5.32 Å². The molecule has 0 spiro atoms. The van der Waals surface area contributed by atoms with E-state index >= 15 is 0 Å². The zero-order chi connectivity index (χ0) is 9.19. The van der Waals surface area contributed by atoms with Crippen molar-refractivity contribution in [2.45, 2.75) is 19.0 Å². The quantitative estimate of drug-likeness (QED) is 0.658. The SMILES string of the molecule is O=C(C1=CNCCC1)C(F)(F)F. The minimum absolute atomic E-state index is 0.172. The maximum atomic E-state index is 11.8. The molecule has 0 aromatic carbocycles. The first-order chi connectivity index (χ1) is 5.52. The van der Waals surface area contributed by atoms with Crippen molar-refractivity contribution in [1.29, 1.82) is 0 Å². The first-order valence-electron chi connectivity index (χ1n) is 3.56. The molecule has 5 heteroatoms. The van der Waals surface area contributed by atoms with Crippen LogP contribution in [0, 0.1) is 0 Å². The Bertz CT molecular complexity index is 219. The predicted octanol–water partition coefficient (Wildman–Crippen LogP) is 1.39. The van der Waals surface area contributed by atoms with Gasteiger partial charge in [-0.2, -0.15) is 13.2 Å². The van der Waals surface area contributed by atoms with E-state index in [9.17, 15) is 18.0 Å². The molecular formula is C7H8F3NO. The number of carbonyl (C=O) groups is 1. The molecule has 0 amide bonds. The van der Waals surface area contributed by atoms with Gasteiger partial charge >= 0.3 is 6.18 Å². The van der Waals surface area contributed by atoms with Gasteiger partial charge in [0, 0.05) is 18.3 Å². The molecule has 12 heavy (non-hydrogen) atoms. The molecule has 68 valence electrons. The van der Waals surface area contributed by atoms with Crippen LogP contribution in [0.1, 0.15) is 12.8 Å². The fraction of sp³-hybridized carbons (Fsp3) is 0.571. The second-order valence-corrected chi connectivity index (χ2v) is 2.55. The summed E-state index contributed by atoms with van der Waals surface area (Å²) < 4.78 is 35.4. The third kappa shape index (κ3) is 1.99. The second-order valence-electron chi connectivity index (χ2n) is 2.55. The summed E-state index contributed by atoms with van der Waals surface area (Å²) in [6.45, 7) is 0.634. The number of hydrogen-bond acceptors (Lipinski definition) is 2. The lowest BCUT2D eigenvalue weighted by Gasteiger charge is -2.14. The Morgan fingerprint density at radius 3 is 2.58 bits per heavy atom. The Labute approximate surface area is 67.4 Å².